The summed E-state index contributed by atoms with van der Waals surface area (Å²) < 4.78 is 5.04. The van der Waals surface area contributed by atoms with Gasteiger partial charge in [0, 0.05) is 24.5 Å². The molecule has 2 aromatic carbocycles. The second-order valence-corrected chi connectivity index (χ2v) is 5.14. The highest BCUT2D eigenvalue weighted by Crippen LogP contribution is 2.15. The third-order valence-electron chi connectivity index (χ3n) is 3.53. The summed E-state index contributed by atoms with van der Waals surface area (Å²) in [5, 5.41) is 0. The lowest BCUT2D eigenvalue weighted by atomic mass is 10.2. The molecule has 0 unspecified atom stereocenters. The Hall–Kier alpha value is -2.88. The Bertz CT molecular complexity index is 679. The first-order valence-corrected chi connectivity index (χ1v) is 7.96. The number of likely N-dealkylation sites (N-methyl/N-ethyl adjacent to an activating group) is 1. The van der Waals surface area contributed by atoms with Gasteiger partial charge in [0.2, 0.25) is 0 Å². The van der Waals surface area contributed by atoms with Crippen molar-refractivity contribution in [2.75, 3.05) is 24.6 Å². The third-order valence-corrected chi connectivity index (χ3v) is 3.53. The van der Waals surface area contributed by atoms with Crippen LogP contribution in [0.4, 0.5) is 11.4 Å². The van der Waals surface area contributed by atoms with E-state index in [9.17, 15) is 4.79 Å². The maximum Gasteiger partial charge on any atom is 0.330 e. The van der Waals surface area contributed by atoms with Crippen LogP contribution in [0.5, 0.6) is 0 Å². The largest absolute Gasteiger partial charge is 0.461 e. The van der Waals surface area contributed by atoms with Crippen molar-refractivity contribution in [2.24, 2.45) is 4.99 Å². The molecule has 24 heavy (non-hydrogen) atoms. The highest BCUT2D eigenvalue weighted by Gasteiger charge is 2.05. The molecule has 0 saturated heterocycles. The summed E-state index contributed by atoms with van der Waals surface area (Å²) in [4.78, 5) is 17.7. The Morgan fingerprint density at radius 3 is 2.50 bits per heavy atom. The average Bonchev–Trinajstić information content (AvgIpc) is 2.65. The minimum atomic E-state index is -0.390. The van der Waals surface area contributed by atoms with Crippen molar-refractivity contribution in [1.82, 2.24) is 0 Å². The zero-order valence-corrected chi connectivity index (χ0v) is 13.9. The first-order chi connectivity index (χ1) is 11.7. The number of carbonyl (C=O) groups excluding carboxylic acids is 1. The molecule has 0 amide bonds. The molecule has 2 aromatic rings. The molecule has 0 aromatic heterocycles. The summed E-state index contributed by atoms with van der Waals surface area (Å²) >= 11 is 0. The molecule has 0 fully saturated rings. The maximum absolute atomic E-state index is 11.1. The second kappa shape index (κ2) is 9.30. The van der Waals surface area contributed by atoms with Crippen LogP contribution >= 0.6 is 0 Å². The lowest BCUT2D eigenvalue weighted by Crippen LogP contribution is -2.27. The van der Waals surface area contributed by atoms with Crippen molar-refractivity contribution in [3.05, 3.63) is 72.8 Å². The van der Waals surface area contributed by atoms with Gasteiger partial charge in [-0.3, -0.25) is 4.99 Å². The molecule has 0 N–H and O–H groups in total. The molecule has 124 valence electrons. The van der Waals surface area contributed by atoms with E-state index in [0.29, 0.717) is 13.2 Å². The van der Waals surface area contributed by atoms with Gasteiger partial charge >= 0.3 is 5.97 Å². The molecule has 0 saturated carbocycles. The molecule has 2 rings (SSSR count). The molecule has 0 radical (unpaired) electrons. The van der Waals surface area contributed by atoms with Gasteiger partial charge in [-0.05, 0) is 36.8 Å². The molecular formula is C20H22N2O2. The number of esters is 1. The number of hydrogen-bond acceptors (Lipinski definition) is 4. The van der Waals surface area contributed by atoms with Gasteiger partial charge in [-0.2, -0.15) is 0 Å². The Morgan fingerprint density at radius 2 is 1.88 bits per heavy atom. The number of nitrogens with zero attached hydrogens (tertiary/aromatic N) is 2. The van der Waals surface area contributed by atoms with Crippen LogP contribution in [-0.2, 0) is 9.53 Å². The number of ether oxygens (including phenoxy) is 1. The fourth-order valence-electron chi connectivity index (χ4n) is 2.22. The lowest BCUT2D eigenvalue weighted by molar-refractivity contribution is -0.137. The van der Waals surface area contributed by atoms with Gasteiger partial charge in [0.15, 0.2) is 0 Å². The van der Waals surface area contributed by atoms with Crippen LogP contribution in [0, 0.1) is 0 Å². The number of benzene rings is 2. The normalized spacial score (nSPS) is 10.5. The van der Waals surface area contributed by atoms with Gasteiger partial charge in [-0.25, -0.2) is 4.79 Å². The Kier molecular flexibility index (Phi) is 6.77. The van der Waals surface area contributed by atoms with Crippen LogP contribution in [0.2, 0.25) is 0 Å². The SMILES string of the molecule is C=CC(=O)OCCN(CC)c1ccc(/C=N/c2ccccc2)cc1. The molecule has 0 heterocycles. The van der Waals surface area contributed by atoms with Crippen LogP contribution in [0.3, 0.4) is 0 Å². The van der Waals surface area contributed by atoms with E-state index in [1.54, 1.807) is 0 Å². The number of carbonyl (C=O) groups is 1. The summed E-state index contributed by atoms with van der Waals surface area (Å²) in [6, 6.07) is 18.0. The van der Waals surface area contributed by atoms with Crippen molar-refractivity contribution in [3.63, 3.8) is 0 Å². The van der Waals surface area contributed by atoms with Crippen molar-refractivity contribution in [2.45, 2.75) is 6.92 Å². The zero-order valence-electron chi connectivity index (χ0n) is 13.9. The first-order valence-electron chi connectivity index (χ1n) is 7.96. The highest BCUT2D eigenvalue weighted by molar-refractivity contribution is 5.82. The van der Waals surface area contributed by atoms with Gasteiger partial charge < -0.3 is 9.64 Å². The van der Waals surface area contributed by atoms with Crippen LogP contribution in [0.25, 0.3) is 0 Å². The molecule has 4 nitrogen and oxygen atoms in total. The van der Waals surface area contributed by atoms with Gasteiger partial charge in [0.05, 0.1) is 12.2 Å². The molecule has 0 aliphatic carbocycles. The van der Waals surface area contributed by atoms with E-state index in [4.69, 9.17) is 4.74 Å². The predicted octanol–water partition coefficient (Wildman–Crippen LogP) is 3.99. The molecule has 0 atom stereocenters. The Balaban J connectivity index is 1.95. The molecule has 4 heteroatoms. The fraction of sp³-hybridized carbons (Fsp3) is 0.200. The van der Waals surface area contributed by atoms with E-state index in [-0.39, 0.29) is 0 Å². The number of anilines is 1. The van der Waals surface area contributed by atoms with Gasteiger partial charge in [0.25, 0.3) is 0 Å². The molecule has 0 aliphatic heterocycles. The number of hydrogen-bond donors (Lipinski definition) is 0. The van der Waals surface area contributed by atoms with E-state index in [1.807, 2.05) is 60.8 Å². The third kappa shape index (κ3) is 5.39. The van der Waals surface area contributed by atoms with E-state index in [1.165, 1.54) is 6.08 Å². The molecular weight excluding hydrogens is 300 g/mol. The highest BCUT2D eigenvalue weighted by atomic mass is 16.5. The average molecular weight is 322 g/mol. The summed E-state index contributed by atoms with van der Waals surface area (Å²) in [5.41, 5.74) is 3.06. The fourth-order valence-corrected chi connectivity index (χ4v) is 2.22. The minimum Gasteiger partial charge on any atom is -0.461 e. The predicted molar refractivity (Wildman–Crippen MR) is 99.2 cm³/mol. The molecule has 0 bridgehead atoms. The van der Waals surface area contributed by atoms with E-state index in [2.05, 4.69) is 23.4 Å². The van der Waals surface area contributed by atoms with Crippen LogP contribution < -0.4 is 4.90 Å². The van der Waals surface area contributed by atoms with Crippen molar-refractivity contribution in [1.29, 1.82) is 0 Å². The monoisotopic (exact) mass is 322 g/mol. The quantitative estimate of drug-likeness (QED) is 0.419. The Labute approximate surface area is 143 Å². The van der Waals surface area contributed by atoms with E-state index in [0.717, 1.165) is 23.5 Å². The van der Waals surface area contributed by atoms with Gasteiger partial charge in [-0.15, -0.1) is 0 Å². The smallest absolute Gasteiger partial charge is 0.330 e. The molecule has 0 aliphatic rings. The zero-order chi connectivity index (χ0) is 17.2. The topological polar surface area (TPSA) is 41.9 Å². The van der Waals surface area contributed by atoms with E-state index >= 15 is 0 Å². The Morgan fingerprint density at radius 1 is 1.17 bits per heavy atom. The minimum absolute atomic E-state index is 0.343. The number of rotatable bonds is 8. The lowest BCUT2D eigenvalue weighted by Gasteiger charge is -2.22. The van der Waals surface area contributed by atoms with Crippen molar-refractivity contribution >= 4 is 23.6 Å². The van der Waals surface area contributed by atoms with Crippen LogP contribution in [0.1, 0.15) is 12.5 Å². The summed E-state index contributed by atoms with van der Waals surface area (Å²) in [7, 11) is 0. The summed E-state index contributed by atoms with van der Waals surface area (Å²) in [6.45, 7) is 7.28. The van der Waals surface area contributed by atoms with Crippen LogP contribution in [-0.4, -0.2) is 31.9 Å². The number of aliphatic imine (C=N–C) groups is 1. The standard InChI is InChI=1S/C20H22N2O2/c1-3-20(23)24-15-14-22(4-2)19-12-10-17(11-13-19)16-21-18-8-6-5-7-9-18/h3,5-13,16H,1,4,14-15H2,2H3/b21-16+. The van der Waals surface area contributed by atoms with Gasteiger partial charge in [0.1, 0.15) is 6.61 Å². The number of para-hydroxylation sites is 1. The van der Waals surface area contributed by atoms with Crippen LogP contribution in [0.15, 0.2) is 72.2 Å². The van der Waals surface area contributed by atoms with Crippen molar-refractivity contribution < 1.29 is 9.53 Å². The van der Waals surface area contributed by atoms with Gasteiger partial charge in [-0.1, -0.05) is 36.9 Å². The first kappa shape index (κ1) is 17.5. The molecule has 0 spiro atoms. The second-order valence-electron chi connectivity index (χ2n) is 5.14. The summed E-state index contributed by atoms with van der Waals surface area (Å²) in [6.07, 6.45) is 3.03. The van der Waals surface area contributed by atoms with Crippen molar-refractivity contribution in [3.8, 4) is 0 Å². The summed E-state index contributed by atoms with van der Waals surface area (Å²) in [5.74, 6) is -0.390. The maximum atomic E-state index is 11.1. The van der Waals surface area contributed by atoms with E-state index < -0.39 is 5.97 Å².